The normalized spacial score (nSPS) is 15.4. The smallest absolute Gasteiger partial charge is 0.314 e. The van der Waals surface area contributed by atoms with Gasteiger partial charge in [-0.2, -0.15) is 0 Å². The van der Waals surface area contributed by atoms with Crippen molar-refractivity contribution in [3.05, 3.63) is 33.8 Å². The highest BCUT2D eigenvalue weighted by atomic mass is 35.5. The Morgan fingerprint density at radius 2 is 2.14 bits per heavy atom. The number of urea groups is 1. The lowest BCUT2D eigenvalue weighted by molar-refractivity contribution is 0.126. The van der Waals surface area contributed by atoms with Crippen LogP contribution in [0, 0.1) is 5.92 Å². The summed E-state index contributed by atoms with van der Waals surface area (Å²) in [6, 6.07) is 4.49. The van der Waals surface area contributed by atoms with Crippen LogP contribution in [0.1, 0.15) is 24.5 Å². The van der Waals surface area contributed by atoms with E-state index in [1.54, 1.807) is 18.2 Å². The molecule has 1 fully saturated rings. The summed E-state index contributed by atoms with van der Waals surface area (Å²) < 4.78 is 5.41. The zero-order chi connectivity index (χ0) is 15.9. The van der Waals surface area contributed by atoms with E-state index >= 15 is 0 Å². The third-order valence-electron chi connectivity index (χ3n) is 3.36. The molecule has 5 nitrogen and oxygen atoms in total. The number of ether oxygens (including phenoxy) is 1. The van der Waals surface area contributed by atoms with Gasteiger partial charge in [0.05, 0.1) is 12.7 Å². The zero-order valence-corrected chi connectivity index (χ0v) is 13.7. The number of carbonyl (C=O) groups excluding carboxylic acids is 1. The van der Waals surface area contributed by atoms with Crippen LogP contribution in [0.15, 0.2) is 18.2 Å². The van der Waals surface area contributed by atoms with Gasteiger partial charge in [-0.25, -0.2) is 4.79 Å². The molecular formula is C15H20Cl2N2O3. The van der Waals surface area contributed by atoms with Crippen LogP contribution in [0.4, 0.5) is 4.79 Å². The summed E-state index contributed by atoms with van der Waals surface area (Å²) in [7, 11) is 0. The summed E-state index contributed by atoms with van der Waals surface area (Å²) in [6.45, 7) is 1.78. The summed E-state index contributed by atoms with van der Waals surface area (Å²) in [5.41, 5.74) is 0.527. The molecule has 22 heavy (non-hydrogen) atoms. The third kappa shape index (κ3) is 6.01. The molecule has 0 spiro atoms. The van der Waals surface area contributed by atoms with Crippen molar-refractivity contribution in [2.75, 3.05) is 26.3 Å². The van der Waals surface area contributed by atoms with Crippen molar-refractivity contribution >= 4 is 29.2 Å². The maximum atomic E-state index is 11.6. The Hall–Kier alpha value is -1.01. The van der Waals surface area contributed by atoms with E-state index in [4.69, 9.17) is 27.9 Å². The lowest BCUT2D eigenvalue weighted by atomic mass is 10.1. The summed E-state index contributed by atoms with van der Waals surface area (Å²) in [5.74, 6) is 0.716. The minimum Gasteiger partial charge on any atom is -0.387 e. The number of rotatable bonds is 8. The van der Waals surface area contributed by atoms with Crippen molar-refractivity contribution in [3.63, 3.8) is 0 Å². The van der Waals surface area contributed by atoms with Gasteiger partial charge in [-0.3, -0.25) is 0 Å². The molecule has 2 rings (SSSR count). The molecule has 1 aromatic carbocycles. The Morgan fingerprint density at radius 1 is 1.36 bits per heavy atom. The maximum Gasteiger partial charge on any atom is 0.314 e. The van der Waals surface area contributed by atoms with Gasteiger partial charge in [-0.05, 0) is 30.9 Å². The number of nitrogens with one attached hydrogen (secondary N) is 2. The van der Waals surface area contributed by atoms with Gasteiger partial charge in [-0.1, -0.05) is 29.3 Å². The van der Waals surface area contributed by atoms with Crippen LogP contribution in [0.5, 0.6) is 0 Å². The van der Waals surface area contributed by atoms with Gasteiger partial charge < -0.3 is 20.5 Å². The second-order valence-electron chi connectivity index (χ2n) is 5.34. The van der Waals surface area contributed by atoms with Crippen LogP contribution in [0.25, 0.3) is 0 Å². The van der Waals surface area contributed by atoms with Gasteiger partial charge in [0.15, 0.2) is 0 Å². The first-order valence-electron chi connectivity index (χ1n) is 7.28. The van der Waals surface area contributed by atoms with Gasteiger partial charge in [0.1, 0.15) is 0 Å². The van der Waals surface area contributed by atoms with E-state index < -0.39 is 6.10 Å². The van der Waals surface area contributed by atoms with E-state index in [0.29, 0.717) is 34.7 Å². The Labute approximate surface area is 139 Å². The number of benzene rings is 1. The van der Waals surface area contributed by atoms with E-state index in [2.05, 4.69) is 10.6 Å². The second kappa shape index (κ2) is 8.58. The molecule has 0 aliphatic heterocycles. The molecule has 0 saturated heterocycles. The topological polar surface area (TPSA) is 70.6 Å². The summed E-state index contributed by atoms with van der Waals surface area (Å²) in [6.07, 6.45) is 1.61. The van der Waals surface area contributed by atoms with Crippen LogP contribution in [-0.2, 0) is 4.74 Å². The molecule has 1 atom stereocenters. The maximum absolute atomic E-state index is 11.6. The molecule has 3 N–H and O–H groups in total. The van der Waals surface area contributed by atoms with Crippen molar-refractivity contribution in [1.29, 1.82) is 0 Å². The predicted octanol–water partition coefficient (Wildman–Crippen LogP) is 2.75. The van der Waals surface area contributed by atoms with E-state index in [9.17, 15) is 9.90 Å². The molecule has 1 aromatic rings. The molecule has 122 valence electrons. The van der Waals surface area contributed by atoms with E-state index in [1.807, 2.05) is 0 Å². The minimum absolute atomic E-state index is 0.0656. The molecule has 0 radical (unpaired) electrons. The average molecular weight is 347 g/mol. The lowest BCUT2D eigenvalue weighted by Gasteiger charge is -2.14. The van der Waals surface area contributed by atoms with Crippen molar-refractivity contribution in [2.24, 2.45) is 5.92 Å². The SMILES string of the molecule is O=C(NCCOCC1CC1)NCC(O)c1ccc(Cl)cc1Cl. The van der Waals surface area contributed by atoms with Crippen LogP contribution in [0.2, 0.25) is 10.0 Å². The van der Waals surface area contributed by atoms with Gasteiger partial charge in [0, 0.05) is 35.3 Å². The van der Waals surface area contributed by atoms with Crippen molar-refractivity contribution in [3.8, 4) is 0 Å². The Kier molecular flexibility index (Phi) is 6.76. The predicted molar refractivity (Wildman–Crippen MR) is 86.4 cm³/mol. The summed E-state index contributed by atoms with van der Waals surface area (Å²) in [4.78, 5) is 11.6. The van der Waals surface area contributed by atoms with Crippen LogP contribution < -0.4 is 10.6 Å². The molecular weight excluding hydrogens is 327 g/mol. The van der Waals surface area contributed by atoms with Crippen LogP contribution >= 0.6 is 23.2 Å². The molecule has 1 unspecified atom stereocenters. The van der Waals surface area contributed by atoms with Crippen molar-refractivity contribution in [2.45, 2.75) is 18.9 Å². The molecule has 0 aromatic heterocycles. The molecule has 1 aliphatic carbocycles. The van der Waals surface area contributed by atoms with Crippen molar-refractivity contribution in [1.82, 2.24) is 10.6 Å². The molecule has 2 amide bonds. The Bertz CT molecular complexity index is 510. The minimum atomic E-state index is -0.887. The zero-order valence-electron chi connectivity index (χ0n) is 12.1. The Morgan fingerprint density at radius 3 is 2.82 bits per heavy atom. The van der Waals surface area contributed by atoms with Crippen molar-refractivity contribution < 1.29 is 14.6 Å². The van der Waals surface area contributed by atoms with Gasteiger partial charge >= 0.3 is 6.03 Å². The van der Waals surface area contributed by atoms with Gasteiger partial charge in [-0.15, -0.1) is 0 Å². The fourth-order valence-corrected chi connectivity index (χ4v) is 2.44. The second-order valence-corrected chi connectivity index (χ2v) is 6.18. The standard InChI is InChI=1S/C15H20Cl2N2O3/c16-11-3-4-12(13(17)7-11)14(20)8-19-15(21)18-5-6-22-9-10-1-2-10/h3-4,7,10,14,20H,1-2,5-6,8-9H2,(H2,18,19,21). The highest BCUT2D eigenvalue weighted by Gasteiger charge is 2.20. The molecule has 0 bridgehead atoms. The quantitative estimate of drug-likeness (QED) is 0.634. The first kappa shape index (κ1) is 17.3. The lowest BCUT2D eigenvalue weighted by Crippen LogP contribution is -2.39. The molecule has 7 heteroatoms. The van der Waals surface area contributed by atoms with Gasteiger partial charge in [0.2, 0.25) is 0 Å². The highest BCUT2D eigenvalue weighted by molar-refractivity contribution is 6.35. The monoisotopic (exact) mass is 346 g/mol. The Balaban J connectivity index is 1.62. The number of carbonyl (C=O) groups is 1. The largest absolute Gasteiger partial charge is 0.387 e. The summed E-state index contributed by atoms with van der Waals surface area (Å²) >= 11 is 11.8. The highest BCUT2D eigenvalue weighted by Crippen LogP contribution is 2.28. The number of hydrogen-bond acceptors (Lipinski definition) is 3. The average Bonchev–Trinajstić information content (AvgIpc) is 3.28. The van der Waals surface area contributed by atoms with Crippen LogP contribution in [-0.4, -0.2) is 37.4 Å². The molecule has 0 heterocycles. The third-order valence-corrected chi connectivity index (χ3v) is 3.92. The number of hydrogen-bond donors (Lipinski definition) is 3. The van der Waals surface area contributed by atoms with Crippen LogP contribution in [0.3, 0.4) is 0 Å². The van der Waals surface area contributed by atoms with E-state index in [1.165, 1.54) is 12.8 Å². The fourth-order valence-electron chi connectivity index (χ4n) is 1.90. The molecule has 1 saturated carbocycles. The summed E-state index contributed by atoms with van der Waals surface area (Å²) in [5, 5.41) is 16.1. The van der Waals surface area contributed by atoms with Gasteiger partial charge in [0.25, 0.3) is 0 Å². The first-order chi connectivity index (χ1) is 10.6. The van der Waals surface area contributed by atoms with E-state index in [0.717, 1.165) is 6.61 Å². The number of aliphatic hydroxyl groups excluding tert-OH is 1. The number of amides is 2. The number of halogens is 2. The first-order valence-corrected chi connectivity index (χ1v) is 8.04. The molecule has 1 aliphatic rings. The number of aliphatic hydroxyl groups is 1. The fraction of sp³-hybridized carbons (Fsp3) is 0.533. The van der Waals surface area contributed by atoms with E-state index in [-0.39, 0.29) is 12.6 Å².